The van der Waals surface area contributed by atoms with E-state index in [1.54, 1.807) is 28.0 Å². The summed E-state index contributed by atoms with van der Waals surface area (Å²) in [7, 11) is 4.54. The van der Waals surface area contributed by atoms with Crippen molar-refractivity contribution in [2.45, 2.75) is 0 Å². The lowest BCUT2D eigenvalue weighted by molar-refractivity contribution is -0.127. The van der Waals surface area contributed by atoms with Gasteiger partial charge < -0.3 is 33.5 Å². The highest BCUT2D eigenvalue weighted by Gasteiger charge is 2.27. The average molecular weight is 531 g/mol. The third-order valence-corrected chi connectivity index (χ3v) is 6.83. The van der Waals surface area contributed by atoms with Crippen molar-refractivity contribution in [3.05, 3.63) is 83.4 Å². The number of carbonyl (C=O) groups is 2. The summed E-state index contributed by atoms with van der Waals surface area (Å²) in [6, 6.07) is 18.7. The number of piperazine rings is 1. The Labute approximate surface area is 227 Å². The van der Waals surface area contributed by atoms with Crippen LogP contribution in [0.5, 0.6) is 28.7 Å². The number of hydrogen-bond donors (Lipinski definition) is 0. The molecule has 2 heterocycles. The van der Waals surface area contributed by atoms with Crippen LogP contribution in [-0.4, -0.2) is 75.9 Å². The quantitative estimate of drug-likeness (QED) is 0.429. The summed E-state index contributed by atoms with van der Waals surface area (Å²) in [4.78, 5) is 30.2. The zero-order valence-electron chi connectivity index (χ0n) is 22.1. The Bertz CT molecular complexity index is 1370. The number of methoxy groups -OCH3 is 3. The molecule has 3 aromatic rings. The van der Waals surface area contributed by atoms with Crippen molar-refractivity contribution in [1.82, 2.24) is 9.80 Å². The number of fused-ring (bicyclic) bond motifs is 1. The van der Waals surface area contributed by atoms with Crippen molar-refractivity contribution in [3.63, 3.8) is 0 Å². The standard InChI is InChI=1S/C30H30N2O7/c1-35-26-16-22(17-27(36-2)29(26)37-3)30(34)32-13-11-31(12-14-32)28(33)18-23(20-7-5-4-6-8-20)21-9-10-24-25(15-21)39-19-38-24/h4-10,15-18H,11-14,19H2,1-3H3. The van der Waals surface area contributed by atoms with E-state index in [2.05, 4.69) is 0 Å². The smallest absolute Gasteiger partial charge is 0.254 e. The number of carbonyl (C=O) groups excluding carboxylic acids is 2. The molecular formula is C30H30N2O7. The van der Waals surface area contributed by atoms with Gasteiger partial charge in [0.1, 0.15) is 0 Å². The zero-order chi connectivity index (χ0) is 27.4. The summed E-state index contributed by atoms with van der Waals surface area (Å²) >= 11 is 0. The fourth-order valence-electron chi connectivity index (χ4n) is 4.75. The second kappa shape index (κ2) is 11.4. The normalized spacial score (nSPS) is 14.7. The first-order valence-corrected chi connectivity index (χ1v) is 12.6. The van der Waals surface area contributed by atoms with Crippen molar-refractivity contribution < 1.29 is 33.3 Å². The molecule has 9 nitrogen and oxygen atoms in total. The lowest BCUT2D eigenvalue weighted by atomic mass is 9.97. The Morgan fingerprint density at radius 3 is 2.00 bits per heavy atom. The van der Waals surface area contributed by atoms with E-state index in [1.807, 2.05) is 48.5 Å². The van der Waals surface area contributed by atoms with E-state index in [1.165, 1.54) is 21.3 Å². The van der Waals surface area contributed by atoms with E-state index in [9.17, 15) is 9.59 Å². The van der Waals surface area contributed by atoms with Gasteiger partial charge >= 0.3 is 0 Å². The highest BCUT2D eigenvalue weighted by molar-refractivity contribution is 6.00. The molecule has 5 rings (SSSR count). The topological polar surface area (TPSA) is 86.8 Å². The highest BCUT2D eigenvalue weighted by Crippen LogP contribution is 2.39. The third kappa shape index (κ3) is 5.34. The number of rotatable bonds is 7. The summed E-state index contributed by atoms with van der Waals surface area (Å²) in [6.45, 7) is 1.81. The van der Waals surface area contributed by atoms with Crippen LogP contribution < -0.4 is 23.7 Å². The third-order valence-electron chi connectivity index (χ3n) is 6.83. The summed E-state index contributed by atoms with van der Waals surface area (Å²) in [6.07, 6.45) is 1.66. The molecule has 3 aromatic carbocycles. The van der Waals surface area contributed by atoms with Crippen LogP contribution in [0.2, 0.25) is 0 Å². The molecule has 1 saturated heterocycles. The number of ether oxygens (including phenoxy) is 5. The van der Waals surface area contributed by atoms with Crippen molar-refractivity contribution in [1.29, 1.82) is 0 Å². The van der Waals surface area contributed by atoms with Crippen molar-refractivity contribution in [2.24, 2.45) is 0 Å². The van der Waals surface area contributed by atoms with Gasteiger partial charge in [0.05, 0.1) is 21.3 Å². The Morgan fingerprint density at radius 1 is 0.718 bits per heavy atom. The minimum Gasteiger partial charge on any atom is -0.493 e. The molecule has 0 saturated carbocycles. The SMILES string of the molecule is COc1cc(C(=O)N2CCN(C(=O)C=C(c3ccccc3)c3ccc4c(c3)OCO4)CC2)cc(OC)c1OC. The van der Waals surface area contributed by atoms with E-state index in [-0.39, 0.29) is 18.6 Å². The molecule has 0 aromatic heterocycles. The fraction of sp³-hybridized carbons (Fsp3) is 0.267. The van der Waals surface area contributed by atoms with E-state index in [4.69, 9.17) is 23.7 Å². The molecule has 0 atom stereocenters. The Hall–Kier alpha value is -4.66. The van der Waals surface area contributed by atoms with Gasteiger partial charge in [-0.05, 0) is 41.0 Å². The molecule has 2 aliphatic heterocycles. The molecule has 9 heteroatoms. The highest BCUT2D eigenvalue weighted by atomic mass is 16.7. The predicted octanol–water partition coefficient (Wildman–Crippen LogP) is 3.86. The van der Waals surface area contributed by atoms with Crippen LogP contribution in [0.4, 0.5) is 0 Å². The maximum atomic E-state index is 13.4. The van der Waals surface area contributed by atoms with Crippen LogP contribution in [0, 0.1) is 0 Å². The first-order valence-electron chi connectivity index (χ1n) is 12.6. The van der Waals surface area contributed by atoms with Gasteiger partial charge in [0.25, 0.3) is 5.91 Å². The minimum absolute atomic E-state index is 0.119. The number of benzene rings is 3. The largest absolute Gasteiger partial charge is 0.493 e. The van der Waals surface area contributed by atoms with Gasteiger partial charge in [0, 0.05) is 37.8 Å². The first kappa shape index (κ1) is 26.0. The summed E-state index contributed by atoms with van der Waals surface area (Å²) in [5.74, 6) is 2.31. The summed E-state index contributed by atoms with van der Waals surface area (Å²) in [5.41, 5.74) is 2.99. The van der Waals surface area contributed by atoms with Crippen molar-refractivity contribution >= 4 is 17.4 Å². The average Bonchev–Trinajstić information content (AvgIpc) is 3.47. The van der Waals surface area contributed by atoms with Gasteiger partial charge in [-0.3, -0.25) is 9.59 Å². The van der Waals surface area contributed by atoms with Gasteiger partial charge in [-0.1, -0.05) is 36.4 Å². The molecule has 0 spiro atoms. The summed E-state index contributed by atoms with van der Waals surface area (Å²) in [5, 5.41) is 0. The predicted molar refractivity (Wildman–Crippen MR) is 145 cm³/mol. The van der Waals surface area contributed by atoms with Crippen LogP contribution in [0.3, 0.4) is 0 Å². The van der Waals surface area contributed by atoms with E-state index < -0.39 is 0 Å². The molecule has 2 amide bonds. The minimum atomic E-state index is -0.165. The summed E-state index contributed by atoms with van der Waals surface area (Å²) < 4.78 is 27.1. The second-order valence-corrected chi connectivity index (χ2v) is 9.02. The van der Waals surface area contributed by atoms with Gasteiger partial charge in [-0.2, -0.15) is 0 Å². The molecule has 0 bridgehead atoms. The monoisotopic (exact) mass is 530 g/mol. The van der Waals surface area contributed by atoms with Crippen LogP contribution >= 0.6 is 0 Å². The van der Waals surface area contributed by atoms with Gasteiger partial charge in [0.2, 0.25) is 18.4 Å². The number of nitrogens with zero attached hydrogens (tertiary/aromatic N) is 2. The first-order chi connectivity index (χ1) is 19.0. The van der Waals surface area contributed by atoms with Crippen molar-refractivity contribution in [2.75, 3.05) is 54.3 Å². The Kier molecular flexibility index (Phi) is 7.58. The van der Waals surface area contributed by atoms with E-state index in [0.29, 0.717) is 60.5 Å². The number of amides is 2. The van der Waals surface area contributed by atoms with E-state index in [0.717, 1.165) is 16.7 Å². The maximum absolute atomic E-state index is 13.4. The number of hydrogen-bond acceptors (Lipinski definition) is 7. The maximum Gasteiger partial charge on any atom is 0.254 e. The lowest BCUT2D eigenvalue weighted by Gasteiger charge is -2.34. The Balaban J connectivity index is 1.32. The molecule has 39 heavy (non-hydrogen) atoms. The molecule has 202 valence electrons. The van der Waals surface area contributed by atoms with Crippen LogP contribution in [0.25, 0.3) is 5.57 Å². The fourth-order valence-corrected chi connectivity index (χ4v) is 4.75. The Morgan fingerprint density at radius 2 is 1.36 bits per heavy atom. The lowest BCUT2D eigenvalue weighted by Crippen LogP contribution is -2.50. The van der Waals surface area contributed by atoms with Gasteiger partial charge in [-0.25, -0.2) is 0 Å². The molecule has 0 aliphatic carbocycles. The van der Waals surface area contributed by atoms with Crippen LogP contribution in [0.15, 0.2) is 66.7 Å². The van der Waals surface area contributed by atoms with Crippen LogP contribution in [0.1, 0.15) is 21.5 Å². The molecule has 1 fully saturated rings. The molecule has 0 N–H and O–H groups in total. The molecule has 0 unspecified atom stereocenters. The zero-order valence-corrected chi connectivity index (χ0v) is 22.1. The molecule has 2 aliphatic rings. The van der Waals surface area contributed by atoms with Gasteiger partial charge in [-0.15, -0.1) is 0 Å². The molecular weight excluding hydrogens is 500 g/mol. The second-order valence-electron chi connectivity index (χ2n) is 9.02. The molecule has 0 radical (unpaired) electrons. The van der Waals surface area contributed by atoms with Crippen LogP contribution in [-0.2, 0) is 4.79 Å². The van der Waals surface area contributed by atoms with E-state index >= 15 is 0 Å². The van der Waals surface area contributed by atoms with Crippen molar-refractivity contribution in [3.8, 4) is 28.7 Å². The van der Waals surface area contributed by atoms with Gasteiger partial charge in [0.15, 0.2) is 23.0 Å².